The van der Waals surface area contributed by atoms with E-state index in [4.69, 9.17) is 4.74 Å². The fourth-order valence-corrected chi connectivity index (χ4v) is 3.44. The summed E-state index contributed by atoms with van der Waals surface area (Å²) in [4.78, 5) is 27.3. The normalized spacial score (nSPS) is 15.7. The molecule has 1 amide bonds. The largest absolute Gasteiger partial charge is 0.491 e. The first-order chi connectivity index (χ1) is 14.0. The lowest BCUT2D eigenvalue weighted by molar-refractivity contribution is -0.122. The fourth-order valence-electron chi connectivity index (χ4n) is 3.44. The minimum Gasteiger partial charge on any atom is -0.491 e. The number of rotatable bonds is 8. The van der Waals surface area contributed by atoms with E-state index in [1.807, 2.05) is 31.2 Å². The Kier molecular flexibility index (Phi) is 7.38. The molecule has 156 valence electrons. The number of hydrogen-bond donors (Lipinski definition) is 2. The highest BCUT2D eigenvalue weighted by Crippen LogP contribution is 2.20. The molecule has 1 heterocycles. The molecule has 1 atom stereocenters. The molecule has 0 bridgehead atoms. The maximum absolute atomic E-state index is 12.4. The molecule has 1 fully saturated rings. The van der Waals surface area contributed by atoms with E-state index in [0.717, 1.165) is 30.6 Å². The molecular formula is C22H30N4O3. The van der Waals surface area contributed by atoms with E-state index in [0.29, 0.717) is 5.82 Å². The number of nitrogens with zero attached hydrogens (tertiary/aromatic N) is 2. The van der Waals surface area contributed by atoms with Crippen molar-refractivity contribution < 1.29 is 9.53 Å². The first kappa shape index (κ1) is 21.0. The molecule has 0 radical (unpaired) electrons. The Bertz CT molecular complexity index is 857. The standard InChI is InChI=1S/C22H30N4O3/c1-3-15(2)29-18-11-9-16(10-12-18)21-24-22(28)19(25-26-21)13-14-20(27)23-17-7-5-4-6-8-17/h9-12,15,17H,3-8,13-14H2,1-2H3,(H,23,27)(H,24,26,28). The van der Waals surface area contributed by atoms with Crippen LogP contribution in [0.4, 0.5) is 0 Å². The molecule has 3 rings (SSSR count). The van der Waals surface area contributed by atoms with Crippen molar-refractivity contribution in [3.63, 3.8) is 0 Å². The van der Waals surface area contributed by atoms with Crippen LogP contribution in [-0.2, 0) is 11.2 Å². The van der Waals surface area contributed by atoms with Crippen molar-refractivity contribution in [3.05, 3.63) is 40.3 Å². The molecule has 1 aliphatic carbocycles. The van der Waals surface area contributed by atoms with Gasteiger partial charge in [-0.1, -0.05) is 26.2 Å². The third-order valence-corrected chi connectivity index (χ3v) is 5.36. The Hall–Kier alpha value is -2.70. The van der Waals surface area contributed by atoms with Crippen LogP contribution in [0, 0.1) is 0 Å². The van der Waals surface area contributed by atoms with Crippen molar-refractivity contribution in [2.75, 3.05) is 0 Å². The molecule has 1 aliphatic rings. The molecule has 0 aliphatic heterocycles. The van der Waals surface area contributed by atoms with Gasteiger partial charge in [-0.05, 0) is 50.5 Å². The third kappa shape index (κ3) is 6.14. The molecule has 1 unspecified atom stereocenters. The van der Waals surface area contributed by atoms with E-state index in [-0.39, 0.29) is 42.1 Å². The number of amides is 1. The molecule has 7 heteroatoms. The Morgan fingerprint density at radius 2 is 1.93 bits per heavy atom. The van der Waals surface area contributed by atoms with Gasteiger partial charge in [0.2, 0.25) is 5.91 Å². The number of hydrogen-bond acceptors (Lipinski definition) is 5. The molecule has 2 aromatic rings. The van der Waals surface area contributed by atoms with Crippen LogP contribution in [0.1, 0.15) is 64.5 Å². The van der Waals surface area contributed by atoms with Crippen molar-refractivity contribution in [1.29, 1.82) is 0 Å². The number of benzene rings is 1. The zero-order valence-electron chi connectivity index (χ0n) is 17.2. The molecular weight excluding hydrogens is 368 g/mol. The van der Waals surface area contributed by atoms with Crippen molar-refractivity contribution in [2.24, 2.45) is 0 Å². The van der Waals surface area contributed by atoms with E-state index in [1.165, 1.54) is 19.3 Å². The van der Waals surface area contributed by atoms with E-state index >= 15 is 0 Å². The Morgan fingerprint density at radius 1 is 1.21 bits per heavy atom. The van der Waals surface area contributed by atoms with Crippen molar-refractivity contribution >= 4 is 5.91 Å². The van der Waals surface area contributed by atoms with Crippen LogP contribution in [0.15, 0.2) is 29.1 Å². The summed E-state index contributed by atoms with van der Waals surface area (Å²) < 4.78 is 5.76. The van der Waals surface area contributed by atoms with Crippen LogP contribution in [0.3, 0.4) is 0 Å². The monoisotopic (exact) mass is 398 g/mol. The average molecular weight is 399 g/mol. The molecule has 1 aromatic carbocycles. The summed E-state index contributed by atoms with van der Waals surface area (Å²) in [6, 6.07) is 7.66. The maximum Gasteiger partial charge on any atom is 0.273 e. The number of ether oxygens (including phenoxy) is 1. The van der Waals surface area contributed by atoms with Gasteiger partial charge in [0.15, 0.2) is 5.82 Å². The number of H-pyrrole nitrogens is 1. The second kappa shape index (κ2) is 10.2. The summed E-state index contributed by atoms with van der Waals surface area (Å²) in [6.07, 6.45) is 7.28. The zero-order chi connectivity index (χ0) is 20.6. The van der Waals surface area contributed by atoms with Crippen molar-refractivity contribution in [1.82, 2.24) is 20.5 Å². The van der Waals surface area contributed by atoms with E-state index in [2.05, 4.69) is 27.4 Å². The zero-order valence-corrected chi connectivity index (χ0v) is 17.2. The second-order valence-electron chi connectivity index (χ2n) is 7.71. The van der Waals surface area contributed by atoms with Gasteiger partial charge in [0.05, 0.1) is 6.10 Å². The van der Waals surface area contributed by atoms with Gasteiger partial charge in [-0.25, -0.2) is 0 Å². The van der Waals surface area contributed by atoms with Crippen LogP contribution in [-0.4, -0.2) is 33.2 Å². The average Bonchev–Trinajstić information content (AvgIpc) is 2.74. The number of carbonyl (C=O) groups excluding carboxylic acids is 1. The quantitative estimate of drug-likeness (QED) is 0.710. The minimum absolute atomic E-state index is 0.0286. The SMILES string of the molecule is CCC(C)Oc1ccc(-c2nnc(CCC(=O)NC3CCCCC3)c(=O)[nH]2)cc1. The van der Waals surface area contributed by atoms with Gasteiger partial charge in [-0.3, -0.25) is 9.59 Å². The van der Waals surface area contributed by atoms with Crippen LogP contribution >= 0.6 is 0 Å². The minimum atomic E-state index is -0.305. The van der Waals surface area contributed by atoms with Crippen LogP contribution in [0.5, 0.6) is 5.75 Å². The molecule has 2 N–H and O–H groups in total. The Morgan fingerprint density at radius 3 is 2.59 bits per heavy atom. The Labute approximate surface area is 171 Å². The number of aryl methyl sites for hydroxylation is 1. The first-order valence-electron chi connectivity index (χ1n) is 10.6. The van der Waals surface area contributed by atoms with E-state index in [9.17, 15) is 9.59 Å². The number of carbonyl (C=O) groups is 1. The predicted molar refractivity (Wildman–Crippen MR) is 112 cm³/mol. The number of aromatic amines is 1. The topological polar surface area (TPSA) is 97.0 Å². The van der Waals surface area contributed by atoms with E-state index < -0.39 is 0 Å². The van der Waals surface area contributed by atoms with Crippen molar-refractivity contribution in [3.8, 4) is 17.1 Å². The summed E-state index contributed by atoms with van der Waals surface area (Å²) in [5.41, 5.74) is 0.734. The molecule has 1 saturated carbocycles. The molecule has 29 heavy (non-hydrogen) atoms. The molecule has 1 aromatic heterocycles. The van der Waals surface area contributed by atoms with Crippen molar-refractivity contribution in [2.45, 2.75) is 77.4 Å². The number of aromatic nitrogens is 3. The fraction of sp³-hybridized carbons (Fsp3) is 0.545. The highest BCUT2D eigenvalue weighted by Gasteiger charge is 2.16. The van der Waals surface area contributed by atoms with Gasteiger partial charge < -0.3 is 15.0 Å². The highest BCUT2D eigenvalue weighted by atomic mass is 16.5. The van der Waals surface area contributed by atoms with Crippen LogP contribution in [0.2, 0.25) is 0 Å². The van der Waals surface area contributed by atoms with E-state index in [1.54, 1.807) is 0 Å². The lowest BCUT2D eigenvalue weighted by Gasteiger charge is -2.22. The van der Waals surface area contributed by atoms with Gasteiger partial charge in [0, 0.05) is 24.4 Å². The van der Waals surface area contributed by atoms with Gasteiger partial charge in [-0.2, -0.15) is 0 Å². The first-order valence-corrected chi connectivity index (χ1v) is 10.6. The van der Waals surface area contributed by atoms with Gasteiger partial charge in [0.1, 0.15) is 11.4 Å². The summed E-state index contributed by atoms with van der Waals surface area (Å²) in [5, 5.41) is 11.2. The summed E-state index contributed by atoms with van der Waals surface area (Å²) >= 11 is 0. The molecule has 0 spiro atoms. The lowest BCUT2D eigenvalue weighted by atomic mass is 9.95. The third-order valence-electron chi connectivity index (χ3n) is 5.36. The highest BCUT2D eigenvalue weighted by molar-refractivity contribution is 5.76. The van der Waals surface area contributed by atoms with Gasteiger partial charge >= 0.3 is 0 Å². The van der Waals surface area contributed by atoms with Crippen LogP contribution < -0.4 is 15.6 Å². The number of nitrogens with one attached hydrogen (secondary N) is 2. The predicted octanol–water partition coefficient (Wildman–Crippen LogP) is 3.39. The van der Waals surface area contributed by atoms with Crippen LogP contribution in [0.25, 0.3) is 11.4 Å². The summed E-state index contributed by atoms with van der Waals surface area (Å²) in [5.74, 6) is 1.15. The molecule has 7 nitrogen and oxygen atoms in total. The second-order valence-corrected chi connectivity index (χ2v) is 7.71. The van der Waals surface area contributed by atoms with Gasteiger partial charge in [0.25, 0.3) is 5.56 Å². The summed E-state index contributed by atoms with van der Waals surface area (Å²) in [7, 11) is 0. The Balaban J connectivity index is 1.57. The molecule has 0 saturated heterocycles. The van der Waals surface area contributed by atoms with Gasteiger partial charge in [-0.15, -0.1) is 10.2 Å². The maximum atomic E-state index is 12.4. The smallest absolute Gasteiger partial charge is 0.273 e. The summed E-state index contributed by atoms with van der Waals surface area (Å²) in [6.45, 7) is 4.09. The lowest BCUT2D eigenvalue weighted by Crippen LogP contribution is -2.36.